The van der Waals surface area contributed by atoms with Gasteiger partial charge in [0, 0.05) is 13.2 Å². The van der Waals surface area contributed by atoms with E-state index in [9.17, 15) is 4.79 Å². The number of amides is 1. The van der Waals surface area contributed by atoms with Crippen LogP contribution >= 0.6 is 12.4 Å². The molecule has 0 aromatic heterocycles. The van der Waals surface area contributed by atoms with Gasteiger partial charge < -0.3 is 15.8 Å². The number of hydrogen-bond donors (Lipinski definition) is 2. The fourth-order valence-electron chi connectivity index (χ4n) is 2.16. The van der Waals surface area contributed by atoms with Gasteiger partial charge in [0.15, 0.2) is 0 Å². The lowest BCUT2D eigenvalue weighted by Gasteiger charge is -2.21. The highest BCUT2D eigenvalue weighted by atomic mass is 35.5. The zero-order valence-corrected chi connectivity index (χ0v) is 10.9. The van der Waals surface area contributed by atoms with Crippen molar-refractivity contribution in [3.05, 3.63) is 0 Å². The lowest BCUT2D eigenvalue weighted by atomic mass is 10.0. The van der Waals surface area contributed by atoms with Crippen molar-refractivity contribution in [3.8, 4) is 0 Å². The summed E-state index contributed by atoms with van der Waals surface area (Å²) in [5, 5.41) is 3.07. The SMILES string of the molecule is COCC(C)C(=O)NC1CCCC1CN.Cl. The molecule has 0 aliphatic heterocycles. The molecule has 0 saturated heterocycles. The predicted octanol–water partition coefficient (Wildman–Crippen LogP) is 0.934. The minimum atomic E-state index is -0.0750. The number of ether oxygens (including phenoxy) is 1. The van der Waals surface area contributed by atoms with Crippen molar-refractivity contribution in [2.45, 2.75) is 32.2 Å². The summed E-state index contributed by atoms with van der Waals surface area (Å²) in [6.45, 7) is 3.03. The summed E-state index contributed by atoms with van der Waals surface area (Å²) in [6, 6.07) is 0.279. The molecule has 0 aromatic rings. The molecule has 16 heavy (non-hydrogen) atoms. The van der Waals surface area contributed by atoms with E-state index in [-0.39, 0.29) is 30.3 Å². The van der Waals surface area contributed by atoms with Crippen LogP contribution in [0.25, 0.3) is 0 Å². The third-order valence-electron chi connectivity index (χ3n) is 3.15. The van der Waals surface area contributed by atoms with Crippen LogP contribution < -0.4 is 11.1 Å². The number of nitrogens with one attached hydrogen (secondary N) is 1. The highest BCUT2D eigenvalue weighted by Crippen LogP contribution is 2.24. The topological polar surface area (TPSA) is 64.3 Å². The van der Waals surface area contributed by atoms with Gasteiger partial charge in [0.2, 0.25) is 5.91 Å². The molecule has 1 aliphatic carbocycles. The summed E-state index contributed by atoms with van der Waals surface area (Å²) < 4.78 is 4.96. The third-order valence-corrected chi connectivity index (χ3v) is 3.15. The minimum absolute atomic E-state index is 0. The van der Waals surface area contributed by atoms with Crippen molar-refractivity contribution < 1.29 is 9.53 Å². The molecule has 3 unspecified atom stereocenters. The summed E-state index contributed by atoms with van der Waals surface area (Å²) in [5.74, 6) is 0.472. The van der Waals surface area contributed by atoms with Gasteiger partial charge in [-0.15, -0.1) is 12.4 Å². The lowest BCUT2D eigenvalue weighted by Crippen LogP contribution is -2.43. The maximum absolute atomic E-state index is 11.7. The Morgan fingerprint density at radius 1 is 1.56 bits per heavy atom. The average Bonchev–Trinajstić information content (AvgIpc) is 2.65. The van der Waals surface area contributed by atoms with Crippen molar-refractivity contribution in [2.75, 3.05) is 20.3 Å². The maximum Gasteiger partial charge on any atom is 0.225 e. The first-order valence-corrected chi connectivity index (χ1v) is 5.68. The van der Waals surface area contributed by atoms with Crippen LogP contribution in [0.2, 0.25) is 0 Å². The smallest absolute Gasteiger partial charge is 0.225 e. The second-order valence-electron chi connectivity index (χ2n) is 4.40. The molecule has 0 bridgehead atoms. The minimum Gasteiger partial charge on any atom is -0.384 e. The summed E-state index contributed by atoms with van der Waals surface area (Å²) in [4.78, 5) is 11.7. The molecule has 3 atom stereocenters. The van der Waals surface area contributed by atoms with Gasteiger partial charge in [0.25, 0.3) is 0 Å². The van der Waals surface area contributed by atoms with Gasteiger partial charge in [-0.3, -0.25) is 4.79 Å². The third kappa shape index (κ3) is 4.28. The van der Waals surface area contributed by atoms with E-state index >= 15 is 0 Å². The second kappa shape index (κ2) is 7.87. The lowest BCUT2D eigenvalue weighted by molar-refractivity contribution is -0.126. The van der Waals surface area contributed by atoms with Crippen LogP contribution in [0.4, 0.5) is 0 Å². The Hall–Kier alpha value is -0.320. The van der Waals surface area contributed by atoms with E-state index in [2.05, 4.69) is 5.32 Å². The molecule has 1 fully saturated rings. The first kappa shape index (κ1) is 15.7. The standard InChI is InChI=1S/C11H22N2O2.ClH/c1-8(7-15-2)11(14)13-10-5-3-4-9(10)6-12;/h8-10H,3-7,12H2,1-2H3,(H,13,14);1H. The second-order valence-corrected chi connectivity index (χ2v) is 4.40. The van der Waals surface area contributed by atoms with Crippen LogP contribution in [-0.2, 0) is 9.53 Å². The zero-order valence-electron chi connectivity index (χ0n) is 10.1. The molecule has 5 heteroatoms. The number of halogens is 1. The summed E-state index contributed by atoms with van der Waals surface area (Å²) in [6.07, 6.45) is 3.37. The van der Waals surface area contributed by atoms with Gasteiger partial charge in [0.05, 0.1) is 12.5 Å². The number of carbonyl (C=O) groups is 1. The number of nitrogens with two attached hydrogens (primary N) is 1. The molecule has 1 amide bonds. The maximum atomic E-state index is 11.7. The van der Waals surface area contributed by atoms with E-state index in [1.165, 1.54) is 6.42 Å². The Morgan fingerprint density at radius 3 is 2.81 bits per heavy atom. The van der Waals surface area contributed by atoms with Crippen LogP contribution in [0, 0.1) is 11.8 Å². The Labute approximate surface area is 104 Å². The molecule has 1 saturated carbocycles. The van der Waals surface area contributed by atoms with Crippen LogP contribution in [-0.4, -0.2) is 32.2 Å². The Morgan fingerprint density at radius 2 is 2.25 bits per heavy atom. The van der Waals surface area contributed by atoms with Gasteiger partial charge in [-0.1, -0.05) is 13.3 Å². The predicted molar refractivity (Wildman–Crippen MR) is 66.6 cm³/mol. The molecule has 0 heterocycles. The highest BCUT2D eigenvalue weighted by molar-refractivity contribution is 5.85. The number of carbonyl (C=O) groups excluding carboxylic acids is 1. The zero-order chi connectivity index (χ0) is 11.3. The molecule has 0 radical (unpaired) electrons. The van der Waals surface area contributed by atoms with Gasteiger partial charge in [0.1, 0.15) is 0 Å². The van der Waals surface area contributed by atoms with E-state index in [4.69, 9.17) is 10.5 Å². The van der Waals surface area contributed by atoms with E-state index in [1.807, 2.05) is 6.92 Å². The first-order chi connectivity index (χ1) is 7.19. The fourth-order valence-corrected chi connectivity index (χ4v) is 2.16. The van der Waals surface area contributed by atoms with E-state index in [0.717, 1.165) is 12.8 Å². The Kier molecular flexibility index (Phi) is 7.72. The monoisotopic (exact) mass is 250 g/mol. The Bertz CT molecular complexity index is 214. The van der Waals surface area contributed by atoms with Gasteiger partial charge in [-0.25, -0.2) is 0 Å². The summed E-state index contributed by atoms with van der Waals surface area (Å²) in [5.41, 5.74) is 5.66. The van der Waals surface area contributed by atoms with Gasteiger partial charge >= 0.3 is 0 Å². The number of methoxy groups -OCH3 is 1. The molecule has 3 N–H and O–H groups in total. The van der Waals surface area contributed by atoms with E-state index in [0.29, 0.717) is 19.1 Å². The van der Waals surface area contributed by atoms with Crippen molar-refractivity contribution in [1.29, 1.82) is 0 Å². The first-order valence-electron chi connectivity index (χ1n) is 5.68. The molecular formula is C11H23ClN2O2. The normalized spacial score (nSPS) is 25.9. The largest absolute Gasteiger partial charge is 0.384 e. The van der Waals surface area contributed by atoms with Crippen molar-refractivity contribution in [3.63, 3.8) is 0 Å². The molecular weight excluding hydrogens is 228 g/mol. The van der Waals surface area contributed by atoms with Crippen molar-refractivity contribution >= 4 is 18.3 Å². The summed E-state index contributed by atoms with van der Waals surface area (Å²) in [7, 11) is 1.61. The van der Waals surface area contributed by atoms with Crippen LogP contribution in [0.5, 0.6) is 0 Å². The number of hydrogen-bond acceptors (Lipinski definition) is 3. The number of rotatable bonds is 5. The van der Waals surface area contributed by atoms with Crippen LogP contribution in [0.3, 0.4) is 0 Å². The average molecular weight is 251 g/mol. The molecule has 4 nitrogen and oxygen atoms in total. The van der Waals surface area contributed by atoms with Crippen molar-refractivity contribution in [1.82, 2.24) is 5.32 Å². The molecule has 0 spiro atoms. The van der Waals surface area contributed by atoms with Gasteiger partial charge in [-0.05, 0) is 25.3 Å². The van der Waals surface area contributed by atoms with Crippen LogP contribution in [0.1, 0.15) is 26.2 Å². The quantitative estimate of drug-likeness (QED) is 0.763. The summed E-state index contributed by atoms with van der Waals surface area (Å²) >= 11 is 0. The highest BCUT2D eigenvalue weighted by Gasteiger charge is 2.28. The van der Waals surface area contributed by atoms with Crippen LogP contribution in [0.15, 0.2) is 0 Å². The van der Waals surface area contributed by atoms with Gasteiger partial charge in [-0.2, -0.15) is 0 Å². The Balaban J connectivity index is 0.00000225. The molecule has 1 rings (SSSR count). The molecule has 1 aliphatic rings. The molecule has 96 valence electrons. The molecule has 0 aromatic carbocycles. The van der Waals surface area contributed by atoms with Crippen molar-refractivity contribution in [2.24, 2.45) is 17.6 Å². The van der Waals surface area contributed by atoms with E-state index in [1.54, 1.807) is 7.11 Å². The fraction of sp³-hybridized carbons (Fsp3) is 0.909. The van der Waals surface area contributed by atoms with E-state index < -0.39 is 0 Å².